The minimum atomic E-state index is -1.00. The van der Waals surface area contributed by atoms with Crippen LogP contribution in [-0.4, -0.2) is 27.8 Å². The van der Waals surface area contributed by atoms with Crippen molar-refractivity contribution in [3.63, 3.8) is 0 Å². The molecule has 3 N–H and O–H groups in total. The maximum Gasteiger partial charge on any atom is 0.251 e. The fourth-order valence-electron chi connectivity index (χ4n) is 2.86. The summed E-state index contributed by atoms with van der Waals surface area (Å²) in [4.78, 5) is 12.5. The molecule has 3 rings (SSSR count). The number of aliphatic hydroxyl groups excluding tert-OH is 1. The topological polar surface area (TPSA) is 103 Å². The molecule has 2 aromatic rings. The first-order valence-corrected chi connectivity index (χ1v) is 7.83. The second-order valence-electron chi connectivity index (χ2n) is 6.51. The van der Waals surface area contributed by atoms with E-state index in [0.717, 1.165) is 0 Å². The third-order valence-electron chi connectivity index (χ3n) is 4.29. The van der Waals surface area contributed by atoms with Crippen molar-refractivity contribution in [1.82, 2.24) is 5.32 Å². The van der Waals surface area contributed by atoms with Gasteiger partial charge in [-0.3, -0.25) is 4.79 Å². The van der Waals surface area contributed by atoms with E-state index in [1.807, 2.05) is 6.07 Å². The molecule has 128 valence electrons. The number of nitriles is 1. The van der Waals surface area contributed by atoms with Gasteiger partial charge in [-0.15, -0.1) is 0 Å². The average Bonchev–Trinajstić information content (AvgIpc) is 2.59. The molecule has 0 saturated carbocycles. The largest absolute Gasteiger partial charge is 0.508 e. The van der Waals surface area contributed by atoms with Crippen molar-refractivity contribution in [2.75, 3.05) is 0 Å². The van der Waals surface area contributed by atoms with E-state index in [4.69, 9.17) is 10.00 Å². The van der Waals surface area contributed by atoms with Crippen LogP contribution in [0.25, 0.3) is 0 Å². The molecule has 25 heavy (non-hydrogen) atoms. The molecule has 0 aliphatic carbocycles. The molecule has 0 radical (unpaired) electrons. The van der Waals surface area contributed by atoms with Crippen LogP contribution in [0.2, 0.25) is 0 Å². The SMILES string of the molecule is CC1(C)Oc2ccc(C#N)cc2C(NC(=O)c2ccc(O)cc2)C1O. The molecule has 1 heterocycles. The summed E-state index contributed by atoms with van der Waals surface area (Å²) in [5.74, 6) is 0.188. The summed E-state index contributed by atoms with van der Waals surface area (Å²) in [6, 6.07) is 12.0. The molecule has 1 amide bonds. The molecule has 2 atom stereocenters. The summed E-state index contributed by atoms with van der Waals surface area (Å²) >= 11 is 0. The van der Waals surface area contributed by atoms with Crippen LogP contribution < -0.4 is 10.1 Å². The second kappa shape index (κ2) is 6.11. The Labute approximate surface area is 145 Å². The number of aliphatic hydroxyl groups is 1. The van der Waals surface area contributed by atoms with E-state index >= 15 is 0 Å². The summed E-state index contributed by atoms with van der Waals surface area (Å²) in [6.45, 7) is 3.47. The molecule has 0 fully saturated rings. The molecule has 0 bridgehead atoms. The summed E-state index contributed by atoms with van der Waals surface area (Å²) in [7, 11) is 0. The molecule has 1 aliphatic rings. The minimum absolute atomic E-state index is 0.0628. The first-order valence-electron chi connectivity index (χ1n) is 7.83. The molecule has 6 nitrogen and oxygen atoms in total. The van der Waals surface area contributed by atoms with Gasteiger partial charge >= 0.3 is 0 Å². The van der Waals surface area contributed by atoms with Gasteiger partial charge in [0.15, 0.2) is 0 Å². The summed E-state index contributed by atoms with van der Waals surface area (Å²) < 4.78 is 5.82. The highest BCUT2D eigenvalue weighted by atomic mass is 16.5. The number of carbonyl (C=O) groups excluding carboxylic acids is 1. The van der Waals surface area contributed by atoms with E-state index in [9.17, 15) is 15.0 Å². The van der Waals surface area contributed by atoms with Crippen molar-refractivity contribution in [1.29, 1.82) is 5.26 Å². The van der Waals surface area contributed by atoms with Crippen molar-refractivity contribution < 1.29 is 19.7 Å². The lowest BCUT2D eigenvalue weighted by molar-refractivity contribution is -0.0627. The number of ether oxygens (including phenoxy) is 1. The van der Waals surface area contributed by atoms with Crippen LogP contribution in [0.5, 0.6) is 11.5 Å². The summed E-state index contributed by atoms with van der Waals surface area (Å²) in [5, 5.41) is 31.9. The van der Waals surface area contributed by atoms with Gasteiger partial charge in [-0.1, -0.05) is 0 Å². The predicted octanol–water partition coefficient (Wildman–Crippen LogP) is 2.27. The number of phenols is 1. The van der Waals surface area contributed by atoms with Gasteiger partial charge in [0.25, 0.3) is 5.91 Å². The smallest absolute Gasteiger partial charge is 0.251 e. The predicted molar refractivity (Wildman–Crippen MR) is 90.2 cm³/mol. The van der Waals surface area contributed by atoms with Crippen molar-refractivity contribution in [3.05, 3.63) is 59.2 Å². The van der Waals surface area contributed by atoms with E-state index in [-0.39, 0.29) is 5.75 Å². The summed E-state index contributed by atoms with van der Waals surface area (Å²) in [5.41, 5.74) is 0.414. The van der Waals surface area contributed by atoms with Crippen LogP contribution >= 0.6 is 0 Å². The number of fused-ring (bicyclic) bond motifs is 1. The Morgan fingerprint density at radius 1 is 1.24 bits per heavy atom. The second-order valence-corrected chi connectivity index (χ2v) is 6.51. The van der Waals surface area contributed by atoms with E-state index in [1.165, 1.54) is 24.3 Å². The summed E-state index contributed by atoms with van der Waals surface area (Å²) in [6.07, 6.45) is -1.00. The van der Waals surface area contributed by atoms with Crippen LogP contribution in [-0.2, 0) is 0 Å². The minimum Gasteiger partial charge on any atom is -0.508 e. The van der Waals surface area contributed by atoms with Crippen molar-refractivity contribution in [3.8, 4) is 17.6 Å². The fraction of sp³-hybridized carbons (Fsp3) is 0.263. The number of hydrogen-bond acceptors (Lipinski definition) is 5. The Bertz CT molecular complexity index is 853. The van der Waals surface area contributed by atoms with E-state index in [0.29, 0.717) is 22.4 Å². The van der Waals surface area contributed by atoms with Gasteiger partial charge in [-0.2, -0.15) is 5.26 Å². The van der Waals surface area contributed by atoms with Crippen LogP contribution in [0, 0.1) is 11.3 Å². The standard InChI is InChI=1S/C19H18N2O4/c1-19(2)17(23)16(14-9-11(10-20)3-8-15(14)25-19)21-18(24)12-4-6-13(22)7-5-12/h3-9,16-17,22-23H,1-2H3,(H,21,24). The zero-order valence-electron chi connectivity index (χ0n) is 13.9. The van der Waals surface area contributed by atoms with Crippen molar-refractivity contribution in [2.45, 2.75) is 31.6 Å². The molecule has 6 heteroatoms. The monoisotopic (exact) mass is 338 g/mol. The van der Waals surface area contributed by atoms with E-state index in [2.05, 4.69) is 5.32 Å². The van der Waals surface area contributed by atoms with Gasteiger partial charge in [-0.25, -0.2) is 0 Å². The molecule has 1 aliphatic heterocycles. The lowest BCUT2D eigenvalue weighted by atomic mass is 9.85. The quantitative estimate of drug-likeness (QED) is 0.779. The van der Waals surface area contributed by atoms with Gasteiger partial charge in [-0.05, 0) is 56.3 Å². The number of rotatable bonds is 2. The third-order valence-corrected chi connectivity index (χ3v) is 4.29. The van der Waals surface area contributed by atoms with Crippen LogP contribution in [0.1, 0.15) is 41.4 Å². The van der Waals surface area contributed by atoms with Gasteiger partial charge in [0, 0.05) is 11.1 Å². The van der Waals surface area contributed by atoms with Gasteiger partial charge < -0.3 is 20.3 Å². The maximum absolute atomic E-state index is 12.5. The third kappa shape index (κ3) is 3.14. The van der Waals surface area contributed by atoms with E-state index < -0.39 is 23.7 Å². The van der Waals surface area contributed by atoms with Crippen molar-refractivity contribution in [2.24, 2.45) is 0 Å². The van der Waals surface area contributed by atoms with Crippen LogP contribution in [0.4, 0.5) is 0 Å². The van der Waals surface area contributed by atoms with Crippen molar-refractivity contribution >= 4 is 5.91 Å². The number of carbonyl (C=O) groups is 1. The van der Waals surface area contributed by atoms with Gasteiger partial charge in [0.1, 0.15) is 23.2 Å². The lowest BCUT2D eigenvalue weighted by Crippen LogP contribution is -2.53. The number of aromatic hydroxyl groups is 1. The molecule has 0 spiro atoms. The van der Waals surface area contributed by atoms with Gasteiger partial charge in [0.05, 0.1) is 17.7 Å². The number of nitrogens with zero attached hydrogens (tertiary/aromatic N) is 1. The van der Waals surface area contributed by atoms with Crippen LogP contribution in [0.3, 0.4) is 0 Å². The van der Waals surface area contributed by atoms with E-state index in [1.54, 1.807) is 32.0 Å². The number of nitrogens with one attached hydrogen (secondary N) is 1. The average molecular weight is 338 g/mol. The molecule has 0 aromatic heterocycles. The Morgan fingerprint density at radius 3 is 2.56 bits per heavy atom. The number of phenolic OH excluding ortho intramolecular Hbond substituents is 1. The number of hydrogen-bond donors (Lipinski definition) is 3. The normalized spacial score (nSPS) is 20.7. The highest BCUT2D eigenvalue weighted by Crippen LogP contribution is 2.40. The fourth-order valence-corrected chi connectivity index (χ4v) is 2.86. The molecule has 2 unspecified atom stereocenters. The number of benzene rings is 2. The molecular formula is C19H18N2O4. The lowest BCUT2D eigenvalue weighted by Gasteiger charge is -2.42. The highest BCUT2D eigenvalue weighted by Gasteiger charge is 2.43. The Kier molecular flexibility index (Phi) is 4.11. The first kappa shape index (κ1) is 16.8. The maximum atomic E-state index is 12.5. The van der Waals surface area contributed by atoms with Gasteiger partial charge in [0.2, 0.25) is 0 Å². The molecule has 2 aromatic carbocycles. The Hall–Kier alpha value is -3.04. The molecular weight excluding hydrogens is 320 g/mol. The zero-order chi connectivity index (χ0) is 18.2. The zero-order valence-corrected chi connectivity index (χ0v) is 13.9. The highest BCUT2D eigenvalue weighted by molar-refractivity contribution is 5.94. The Morgan fingerprint density at radius 2 is 1.92 bits per heavy atom. The van der Waals surface area contributed by atoms with Crippen LogP contribution in [0.15, 0.2) is 42.5 Å². The number of amides is 1. The molecule has 0 saturated heterocycles. The Balaban J connectivity index is 1.97. The first-order chi connectivity index (χ1) is 11.8.